The predicted octanol–water partition coefficient (Wildman–Crippen LogP) is 6.38. The van der Waals surface area contributed by atoms with Crippen LogP contribution in [0.2, 0.25) is 5.02 Å². The van der Waals surface area contributed by atoms with Crippen molar-refractivity contribution in [2.45, 2.75) is 25.4 Å². The number of benzene rings is 2. The van der Waals surface area contributed by atoms with E-state index in [0.717, 1.165) is 22.3 Å². The summed E-state index contributed by atoms with van der Waals surface area (Å²) in [6.07, 6.45) is 2.58. The van der Waals surface area contributed by atoms with Crippen molar-refractivity contribution < 1.29 is 9.53 Å². The van der Waals surface area contributed by atoms with E-state index in [0.29, 0.717) is 6.61 Å². The molecule has 3 rings (SSSR count). The number of carbonyl (C=O) groups is 1. The number of carbonyl (C=O) groups excluding carboxylic acids is 1. The van der Waals surface area contributed by atoms with Gasteiger partial charge in [-0.25, -0.2) is 0 Å². The highest BCUT2D eigenvalue weighted by molar-refractivity contribution is 6.93. The molecule has 1 saturated carbocycles. The molecule has 0 heterocycles. The quantitative estimate of drug-likeness (QED) is 0.593. The molecule has 0 radical (unpaired) electrons. The van der Waals surface area contributed by atoms with Gasteiger partial charge >= 0.3 is 4.70 Å². The third-order valence-electron chi connectivity index (χ3n) is 3.24. The standard InChI is InChI=1S/C16H15ClO.CCl2O/c17-15-10-14(13-6-7-13)8-9-16(15)18-11-12-4-2-1-3-5-12;2-1(3)4/h1-5,8-10,13H,6-7,11H2;. The van der Waals surface area contributed by atoms with E-state index >= 15 is 0 Å². The number of ether oxygens (including phenoxy) is 1. The Morgan fingerprint density at radius 1 is 1.09 bits per heavy atom. The topological polar surface area (TPSA) is 26.3 Å². The number of hydrogen-bond acceptors (Lipinski definition) is 2. The molecule has 2 aromatic carbocycles. The fraction of sp³-hybridized carbons (Fsp3) is 0.235. The molecule has 2 nitrogen and oxygen atoms in total. The largest absolute Gasteiger partial charge is 0.487 e. The Morgan fingerprint density at radius 2 is 1.73 bits per heavy atom. The maximum atomic E-state index is 8.98. The first-order chi connectivity index (χ1) is 10.6. The van der Waals surface area contributed by atoms with Gasteiger partial charge in [-0.1, -0.05) is 48.0 Å². The summed E-state index contributed by atoms with van der Waals surface area (Å²) in [5.74, 6) is 1.50. The summed E-state index contributed by atoms with van der Waals surface area (Å²) in [5, 5.41) is 0.718. The summed E-state index contributed by atoms with van der Waals surface area (Å²) in [7, 11) is 0. The highest BCUT2D eigenvalue weighted by Crippen LogP contribution is 2.42. The van der Waals surface area contributed by atoms with E-state index < -0.39 is 4.70 Å². The molecule has 0 atom stereocenters. The number of hydrogen-bond donors (Lipinski definition) is 0. The molecule has 5 heteroatoms. The molecular formula is C17H15Cl3O2. The average Bonchev–Trinajstić information content (AvgIpc) is 3.31. The Bertz CT molecular complexity index is 621. The molecule has 0 spiro atoms. The first-order valence-electron chi connectivity index (χ1n) is 6.87. The maximum absolute atomic E-state index is 8.98. The molecule has 1 fully saturated rings. The van der Waals surface area contributed by atoms with Crippen molar-refractivity contribution in [1.29, 1.82) is 0 Å². The van der Waals surface area contributed by atoms with Crippen LogP contribution in [-0.2, 0) is 6.61 Å². The zero-order valence-corrected chi connectivity index (χ0v) is 14.0. The van der Waals surface area contributed by atoms with Crippen molar-refractivity contribution >= 4 is 39.5 Å². The van der Waals surface area contributed by atoms with Crippen LogP contribution in [0.25, 0.3) is 0 Å². The molecule has 1 aliphatic rings. The molecule has 0 saturated heterocycles. The fourth-order valence-electron chi connectivity index (χ4n) is 2.04. The molecule has 1 aliphatic carbocycles. The summed E-state index contributed by atoms with van der Waals surface area (Å²) in [5.41, 5.74) is 2.49. The summed E-state index contributed by atoms with van der Waals surface area (Å²) < 4.78 is 4.86. The molecule has 2 aromatic rings. The highest BCUT2D eigenvalue weighted by Gasteiger charge is 2.24. The summed E-state index contributed by atoms with van der Waals surface area (Å²) in [6, 6.07) is 16.3. The predicted molar refractivity (Wildman–Crippen MR) is 91.3 cm³/mol. The van der Waals surface area contributed by atoms with Gasteiger partial charge in [0.1, 0.15) is 12.4 Å². The van der Waals surface area contributed by atoms with Gasteiger partial charge in [-0.2, -0.15) is 0 Å². The van der Waals surface area contributed by atoms with E-state index in [4.69, 9.17) is 21.1 Å². The van der Waals surface area contributed by atoms with Crippen molar-refractivity contribution in [2.24, 2.45) is 0 Å². The lowest BCUT2D eigenvalue weighted by atomic mass is 10.1. The lowest BCUT2D eigenvalue weighted by Crippen LogP contribution is -1.96. The van der Waals surface area contributed by atoms with Gasteiger partial charge in [0, 0.05) is 0 Å². The summed E-state index contributed by atoms with van der Waals surface area (Å²) in [4.78, 5) is 8.98. The minimum absolute atomic E-state index is 0.559. The van der Waals surface area contributed by atoms with Crippen LogP contribution in [0.5, 0.6) is 5.75 Å². The smallest absolute Gasteiger partial charge is 0.313 e. The van der Waals surface area contributed by atoms with Gasteiger partial charge in [0.05, 0.1) is 5.02 Å². The Labute approximate surface area is 144 Å². The van der Waals surface area contributed by atoms with Crippen molar-refractivity contribution in [1.82, 2.24) is 0 Å². The van der Waals surface area contributed by atoms with Crippen LogP contribution in [0.15, 0.2) is 48.5 Å². The van der Waals surface area contributed by atoms with E-state index in [9.17, 15) is 0 Å². The van der Waals surface area contributed by atoms with Crippen LogP contribution < -0.4 is 4.74 Å². The van der Waals surface area contributed by atoms with Gasteiger partial charge in [-0.15, -0.1) is 0 Å². The first-order valence-corrected chi connectivity index (χ1v) is 8.01. The molecule has 0 amide bonds. The van der Waals surface area contributed by atoms with E-state index in [-0.39, 0.29) is 0 Å². The van der Waals surface area contributed by atoms with Crippen LogP contribution in [0.4, 0.5) is 4.79 Å². The molecule has 0 aromatic heterocycles. The number of rotatable bonds is 4. The van der Waals surface area contributed by atoms with E-state index in [1.807, 2.05) is 42.5 Å². The second-order valence-corrected chi connectivity index (χ2v) is 6.25. The molecule has 0 N–H and O–H groups in total. The Hall–Kier alpha value is -1.22. The molecular weight excluding hydrogens is 343 g/mol. The third kappa shape index (κ3) is 5.88. The average molecular weight is 358 g/mol. The van der Waals surface area contributed by atoms with Crippen LogP contribution in [0.1, 0.15) is 29.9 Å². The minimum atomic E-state index is -0.889. The zero-order chi connectivity index (χ0) is 15.9. The Kier molecular flexibility index (Phi) is 6.56. The summed E-state index contributed by atoms with van der Waals surface area (Å²) in [6.45, 7) is 0.559. The van der Waals surface area contributed by atoms with Crippen LogP contribution in [-0.4, -0.2) is 4.70 Å². The lowest BCUT2D eigenvalue weighted by molar-refractivity contribution is 0.275. The second kappa shape index (κ2) is 8.42. The second-order valence-electron chi connectivity index (χ2n) is 4.96. The third-order valence-corrected chi connectivity index (χ3v) is 3.54. The van der Waals surface area contributed by atoms with E-state index in [1.54, 1.807) is 0 Å². The normalized spacial score (nSPS) is 13.0. The van der Waals surface area contributed by atoms with E-state index in [1.165, 1.54) is 18.4 Å². The van der Waals surface area contributed by atoms with E-state index in [2.05, 4.69) is 29.3 Å². The molecule has 22 heavy (non-hydrogen) atoms. The zero-order valence-electron chi connectivity index (χ0n) is 11.8. The molecule has 0 aliphatic heterocycles. The fourth-order valence-corrected chi connectivity index (χ4v) is 2.28. The van der Waals surface area contributed by atoms with Crippen LogP contribution in [0.3, 0.4) is 0 Å². The van der Waals surface area contributed by atoms with Crippen molar-refractivity contribution in [3.05, 3.63) is 64.7 Å². The Morgan fingerprint density at radius 3 is 2.27 bits per heavy atom. The Balaban J connectivity index is 0.000000396. The molecule has 116 valence electrons. The van der Waals surface area contributed by atoms with Crippen molar-refractivity contribution in [2.75, 3.05) is 0 Å². The van der Waals surface area contributed by atoms with Gasteiger partial charge in [-0.3, -0.25) is 4.79 Å². The maximum Gasteiger partial charge on any atom is 0.313 e. The van der Waals surface area contributed by atoms with Gasteiger partial charge in [0.15, 0.2) is 0 Å². The first kappa shape index (κ1) is 17.1. The van der Waals surface area contributed by atoms with Gasteiger partial charge in [0.2, 0.25) is 0 Å². The highest BCUT2D eigenvalue weighted by atomic mass is 35.5. The van der Waals surface area contributed by atoms with Crippen LogP contribution >= 0.6 is 34.8 Å². The lowest BCUT2D eigenvalue weighted by Gasteiger charge is -2.09. The van der Waals surface area contributed by atoms with Crippen LogP contribution in [0, 0.1) is 0 Å². The van der Waals surface area contributed by atoms with Gasteiger partial charge in [-0.05, 0) is 65.2 Å². The SMILES string of the molecule is Clc1cc(C2CC2)ccc1OCc1ccccc1.O=C(Cl)Cl. The molecule has 0 bridgehead atoms. The van der Waals surface area contributed by atoms with Gasteiger partial charge < -0.3 is 4.74 Å². The minimum Gasteiger partial charge on any atom is -0.487 e. The van der Waals surface area contributed by atoms with Gasteiger partial charge in [0.25, 0.3) is 0 Å². The van der Waals surface area contributed by atoms with Crippen molar-refractivity contribution in [3.63, 3.8) is 0 Å². The number of halogens is 3. The summed E-state index contributed by atoms with van der Waals surface area (Å²) >= 11 is 15.0. The molecule has 0 unspecified atom stereocenters. The monoisotopic (exact) mass is 356 g/mol. The van der Waals surface area contributed by atoms with Crippen molar-refractivity contribution in [3.8, 4) is 5.75 Å².